The predicted octanol–water partition coefficient (Wildman–Crippen LogP) is 3.18. The predicted molar refractivity (Wildman–Crippen MR) is 68.6 cm³/mol. The smallest absolute Gasteiger partial charge is 0.170 e. The van der Waals surface area contributed by atoms with Crippen LogP contribution >= 0.6 is 11.3 Å². The molecular formula is C13H10N2OS. The Kier molecular flexibility index (Phi) is 2.30. The number of fused-ring (bicyclic) bond motifs is 1. The zero-order chi connectivity index (χ0) is 11.8. The second-order valence-corrected chi connectivity index (χ2v) is 4.77. The summed E-state index contributed by atoms with van der Waals surface area (Å²) >= 11 is 1.62. The maximum absolute atomic E-state index is 11.1. The van der Waals surface area contributed by atoms with E-state index in [4.69, 9.17) is 0 Å². The second-order valence-electron chi connectivity index (χ2n) is 3.83. The second kappa shape index (κ2) is 3.82. The quantitative estimate of drug-likeness (QED) is 0.647. The standard InChI is InChI=1S/C13H10N2OS/c1-9-4-2-6-15-12(9)10(8-16)14-13(15)11-5-3-7-17-11/h2-8H,1H3. The molecule has 0 aromatic carbocycles. The van der Waals surface area contributed by atoms with Crippen LogP contribution in [0.1, 0.15) is 16.1 Å². The van der Waals surface area contributed by atoms with Crippen molar-refractivity contribution in [3.8, 4) is 10.7 Å². The average molecular weight is 242 g/mol. The zero-order valence-corrected chi connectivity index (χ0v) is 10.1. The Morgan fingerprint density at radius 1 is 1.35 bits per heavy atom. The SMILES string of the molecule is Cc1cccn2c(-c3cccs3)nc(C=O)c12. The molecule has 0 aliphatic carbocycles. The van der Waals surface area contributed by atoms with Crippen LogP contribution in [-0.4, -0.2) is 15.7 Å². The van der Waals surface area contributed by atoms with Crippen LogP contribution in [0.2, 0.25) is 0 Å². The first-order chi connectivity index (χ1) is 8.31. The van der Waals surface area contributed by atoms with E-state index in [2.05, 4.69) is 4.98 Å². The minimum Gasteiger partial charge on any atom is -0.298 e. The largest absolute Gasteiger partial charge is 0.298 e. The van der Waals surface area contributed by atoms with Crippen LogP contribution in [0, 0.1) is 6.92 Å². The summed E-state index contributed by atoms with van der Waals surface area (Å²) in [7, 11) is 0. The maximum Gasteiger partial charge on any atom is 0.170 e. The molecule has 0 unspecified atom stereocenters. The fourth-order valence-corrected chi connectivity index (χ4v) is 2.71. The molecule has 3 rings (SSSR count). The van der Waals surface area contributed by atoms with Crippen LogP contribution < -0.4 is 0 Å². The third-order valence-electron chi connectivity index (χ3n) is 2.75. The molecule has 0 bridgehead atoms. The number of rotatable bonds is 2. The van der Waals surface area contributed by atoms with Gasteiger partial charge in [0.2, 0.25) is 0 Å². The van der Waals surface area contributed by atoms with Crippen LogP contribution in [0.4, 0.5) is 0 Å². The summed E-state index contributed by atoms with van der Waals surface area (Å²) in [5.41, 5.74) is 2.46. The van der Waals surface area contributed by atoms with Crippen molar-refractivity contribution in [2.24, 2.45) is 0 Å². The highest BCUT2D eigenvalue weighted by atomic mass is 32.1. The Morgan fingerprint density at radius 2 is 2.24 bits per heavy atom. The third kappa shape index (κ3) is 1.49. The molecule has 0 amide bonds. The first-order valence-electron chi connectivity index (χ1n) is 5.28. The maximum atomic E-state index is 11.1. The Balaban J connectivity index is 2.41. The summed E-state index contributed by atoms with van der Waals surface area (Å²) < 4.78 is 1.98. The Labute approximate surface area is 102 Å². The van der Waals surface area contributed by atoms with Gasteiger partial charge < -0.3 is 0 Å². The number of carbonyl (C=O) groups excluding carboxylic acids is 1. The molecule has 4 heteroatoms. The lowest BCUT2D eigenvalue weighted by molar-refractivity contribution is 0.112. The molecule has 3 aromatic rings. The van der Waals surface area contributed by atoms with Crippen LogP contribution in [-0.2, 0) is 0 Å². The van der Waals surface area contributed by atoms with Gasteiger partial charge in [0.1, 0.15) is 5.69 Å². The lowest BCUT2D eigenvalue weighted by Gasteiger charge is -2.00. The van der Waals surface area contributed by atoms with Crippen molar-refractivity contribution in [2.45, 2.75) is 6.92 Å². The molecule has 3 nitrogen and oxygen atoms in total. The zero-order valence-electron chi connectivity index (χ0n) is 9.25. The molecule has 0 atom stereocenters. The minimum absolute atomic E-state index is 0.506. The van der Waals surface area contributed by atoms with Gasteiger partial charge >= 0.3 is 0 Å². The lowest BCUT2D eigenvalue weighted by Crippen LogP contribution is -1.89. The van der Waals surface area contributed by atoms with E-state index in [1.54, 1.807) is 11.3 Å². The number of aldehydes is 1. The summed E-state index contributed by atoms with van der Waals surface area (Å²) in [5, 5.41) is 2.01. The molecule has 0 radical (unpaired) electrons. The van der Waals surface area contributed by atoms with Crippen molar-refractivity contribution < 1.29 is 4.79 Å². The molecule has 0 spiro atoms. The molecule has 84 valence electrons. The van der Waals surface area contributed by atoms with Gasteiger partial charge in [0.05, 0.1) is 10.4 Å². The van der Waals surface area contributed by atoms with Crippen molar-refractivity contribution >= 4 is 23.1 Å². The minimum atomic E-state index is 0.506. The molecule has 0 saturated heterocycles. The number of hydrogen-bond acceptors (Lipinski definition) is 3. The van der Waals surface area contributed by atoms with Gasteiger partial charge in [0.15, 0.2) is 12.1 Å². The number of aryl methyl sites for hydroxylation is 1. The first-order valence-corrected chi connectivity index (χ1v) is 6.16. The van der Waals surface area contributed by atoms with Gasteiger partial charge in [0, 0.05) is 6.20 Å². The molecular weight excluding hydrogens is 232 g/mol. The van der Waals surface area contributed by atoms with Crippen LogP contribution in [0.3, 0.4) is 0 Å². The lowest BCUT2D eigenvalue weighted by atomic mass is 10.2. The van der Waals surface area contributed by atoms with Gasteiger partial charge in [-0.15, -0.1) is 11.3 Å². The monoisotopic (exact) mass is 242 g/mol. The van der Waals surface area contributed by atoms with E-state index in [0.29, 0.717) is 5.69 Å². The average Bonchev–Trinajstić information content (AvgIpc) is 2.95. The highest BCUT2D eigenvalue weighted by Crippen LogP contribution is 2.27. The van der Waals surface area contributed by atoms with Crippen LogP contribution in [0.15, 0.2) is 35.8 Å². The van der Waals surface area contributed by atoms with E-state index in [-0.39, 0.29) is 0 Å². The number of pyridine rings is 1. The Bertz CT molecular complexity index is 683. The number of hydrogen-bond donors (Lipinski definition) is 0. The van der Waals surface area contributed by atoms with E-state index >= 15 is 0 Å². The summed E-state index contributed by atoms with van der Waals surface area (Å²) in [6, 6.07) is 7.95. The van der Waals surface area contributed by atoms with Gasteiger partial charge in [-0.1, -0.05) is 12.1 Å². The van der Waals surface area contributed by atoms with Crippen LogP contribution in [0.5, 0.6) is 0 Å². The molecule has 3 aromatic heterocycles. The summed E-state index contributed by atoms with van der Waals surface area (Å²) in [6.45, 7) is 1.99. The molecule has 0 aliphatic rings. The van der Waals surface area contributed by atoms with Crippen molar-refractivity contribution in [1.82, 2.24) is 9.38 Å². The number of carbonyl (C=O) groups is 1. The van der Waals surface area contributed by atoms with Gasteiger partial charge in [-0.2, -0.15) is 0 Å². The van der Waals surface area contributed by atoms with Gasteiger partial charge in [-0.05, 0) is 30.0 Å². The van der Waals surface area contributed by atoms with E-state index in [1.807, 2.05) is 47.2 Å². The number of thiophene rings is 1. The third-order valence-corrected chi connectivity index (χ3v) is 3.61. The molecule has 0 aliphatic heterocycles. The van der Waals surface area contributed by atoms with E-state index in [0.717, 1.165) is 28.1 Å². The summed E-state index contributed by atoms with van der Waals surface area (Å²) in [5.74, 6) is 0.834. The van der Waals surface area contributed by atoms with E-state index < -0.39 is 0 Å². The van der Waals surface area contributed by atoms with Gasteiger partial charge in [-0.25, -0.2) is 4.98 Å². The van der Waals surface area contributed by atoms with Gasteiger partial charge in [0.25, 0.3) is 0 Å². The van der Waals surface area contributed by atoms with Crippen LogP contribution in [0.25, 0.3) is 16.2 Å². The molecule has 3 heterocycles. The summed E-state index contributed by atoms with van der Waals surface area (Å²) in [4.78, 5) is 16.6. The Hall–Kier alpha value is -1.94. The topological polar surface area (TPSA) is 34.4 Å². The molecule has 0 saturated carbocycles. The van der Waals surface area contributed by atoms with Crippen molar-refractivity contribution in [2.75, 3.05) is 0 Å². The highest BCUT2D eigenvalue weighted by molar-refractivity contribution is 7.13. The summed E-state index contributed by atoms with van der Waals surface area (Å²) in [6.07, 6.45) is 2.76. The first kappa shape index (κ1) is 10.2. The van der Waals surface area contributed by atoms with Crippen molar-refractivity contribution in [3.63, 3.8) is 0 Å². The molecule has 0 N–H and O–H groups in total. The van der Waals surface area contributed by atoms with E-state index in [1.165, 1.54) is 0 Å². The molecule has 0 fully saturated rings. The van der Waals surface area contributed by atoms with E-state index in [9.17, 15) is 4.79 Å². The number of aromatic nitrogens is 2. The van der Waals surface area contributed by atoms with Crippen molar-refractivity contribution in [3.05, 3.63) is 47.1 Å². The number of nitrogens with zero attached hydrogens (tertiary/aromatic N) is 2. The number of imidazole rings is 1. The fraction of sp³-hybridized carbons (Fsp3) is 0.0769. The van der Waals surface area contributed by atoms with Gasteiger partial charge in [-0.3, -0.25) is 9.20 Å². The molecule has 17 heavy (non-hydrogen) atoms. The Morgan fingerprint density at radius 3 is 2.94 bits per heavy atom. The fourth-order valence-electron chi connectivity index (χ4n) is 2.00. The van der Waals surface area contributed by atoms with Crippen molar-refractivity contribution in [1.29, 1.82) is 0 Å². The normalized spacial score (nSPS) is 10.9. The highest BCUT2D eigenvalue weighted by Gasteiger charge is 2.13.